The number of imidazole rings is 1. The van der Waals surface area contributed by atoms with Crippen LogP contribution in [0.1, 0.15) is 17.3 Å². The Bertz CT molecular complexity index is 1340. The van der Waals surface area contributed by atoms with Crippen molar-refractivity contribution in [3.05, 3.63) is 90.6 Å². The van der Waals surface area contributed by atoms with Gasteiger partial charge in [-0.2, -0.15) is 0 Å². The van der Waals surface area contributed by atoms with E-state index in [0.717, 1.165) is 11.3 Å². The zero-order valence-corrected chi connectivity index (χ0v) is 20.5. The molecule has 0 unspecified atom stereocenters. The van der Waals surface area contributed by atoms with Crippen LogP contribution in [0, 0.1) is 0 Å². The lowest BCUT2D eigenvalue weighted by molar-refractivity contribution is -0.116. The largest absolute Gasteiger partial charge is 0.493 e. The van der Waals surface area contributed by atoms with E-state index in [1.54, 1.807) is 49.1 Å². The molecule has 3 aromatic carbocycles. The van der Waals surface area contributed by atoms with Crippen molar-refractivity contribution >= 4 is 17.8 Å². The zero-order chi connectivity index (χ0) is 25.5. The summed E-state index contributed by atoms with van der Waals surface area (Å²) >= 11 is 0. The third kappa shape index (κ3) is 5.38. The summed E-state index contributed by atoms with van der Waals surface area (Å²) in [7, 11) is 3.14. The van der Waals surface area contributed by atoms with Crippen LogP contribution >= 0.6 is 0 Å². The summed E-state index contributed by atoms with van der Waals surface area (Å²) in [5.41, 5.74) is 2.85. The Labute approximate surface area is 210 Å². The molecule has 0 atom stereocenters. The monoisotopic (exact) mass is 484 g/mol. The first-order chi connectivity index (χ1) is 17.5. The molecule has 0 saturated heterocycles. The molecule has 0 aliphatic carbocycles. The number of carbonyl (C=O) groups is 2. The summed E-state index contributed by atoms with van der Waals surface area (Å²) in [5, 5.41) is 2.88. The predicted molar refractivity (Wildman–Crippen MR) is 139 cm³/mol. The first-order valence-corrected chi connectivity index (χ1v) is 11.6. The number of nitrogens with zero attached hydrogens (tertiary/aromatic N) is 3. The maximum Gasteiger partial charge on any atom is 0.254 e. The number of amides is 2. The van der Waals surface area contributed by atoms with E-state index in [2.05, 4.69) is 10.3 Å². The number of hydrogen-bond donors (Lipinski definition) is 1. The molecule has 8 nitrogen and oxygen atoms in total. The molecule has 0 fully saturated rings. The first kappa shape index (κ1) is 24.5. The van der Waals surface area contributed by atoms with Crippen LogP contribution in [-0.2, 0) is 4.79 Å². The second-order valence-electron chi connectivity index (χ2n) is 7.96. The molecule has 2 amide bonds. The van der Waals surface area contributed by atoms with Gasteiger partial charge in [0.15, 0.2) is 11.5 Å². The van der Waals surface area contributed by atoms with Crippen molar-refractivity contribution < 1.29 is 19.1 Å². The molecule has 184 valence electrons. The molecule has 1 heterocycles. The van der Waals surface area contributed by atoms with Crippen LogP contribution in [0.25, 0.3) is 16.9 Å². The predicted octanol–water partition coefficient (Wildman–Crippen LogP) is 4.66. The van der Waals surface area contributed by atoms with E-state index in [9.17, 15) is 9.59 Å². The second-order valence-corrected chi connectivity index (χ2v) is 7.96. The Morgan fingerprint density at radius 2 is 1.58 bits per heavy atom. The Morgan fingerprint density at radius 1 is 0.917 bits per heavy atom. The van der Waals surface area contributed by atoms with Crippen LogP contribution in [-0.4, -0.2) is 53.6 Å². The van der Waals surface area contributed by atoms with Gasteiger partial charge in [0, 0.05) is 29.9 Å². The van der Waals surface area contributed by atoms with Gasteiger partial charge in [-0.1, -0.05) is 48.5 Å². The van der Waals surface area contributed by atoms with E-state index in [1.165, 1.54) is 4.90 Å². The number of hydrogen-bond acceptors (Lipinski definition) is 5. The van der Waals surface area contributed by atoms with Gasteiger partial charge in [0.2, 0.25) is 11.9 Å². The highest BCUT2D eigenvalue weighted by Crippen LogP contribution is 2.31. The molecule has 0 bridgehead atoms. The van der Waals surface area contributed by atoms with E-state index in [4.69, 9.17) is 9.47 Å². The van der Waals surface area contributed by atoms with Gasteiger partial charge in [-0.3, -0.25) is 19.5 Å². The summed E-state index contributed by atoms with van der Waals surface area (Å²) in [6, 6.07) is 24.0. The average Bonchev–Trinajstić information content (AvgIpc) is 3.35. The summed E-state index contributed by atoms with van der Waals surface area (Å²) in [4.78, 5) is 32.1. The molecule has 8 heteroatoms. The maximum atomic E-state index is 13.1. The number of likely N-dealkylation sites (N-methyl/N-ethyl adjacent to an activating group) is 1. The minimum absolute atomic E-state index is 0.107. The SMILES string of the molecule is CCN(CC(=O)Nc1nc(-c2ccccc2)cn1-c1ccc(OC)c(OC)c1)C(=O)c1ccccc1. The second kappa shape index (κ2) is 11.2. The van der Waals surface area contributed by atoms with Gasteiger partial charge in [0.25, 0.3) is 5.91 Å². The Balaban J connectivity index is 1.64. The average molecular weight is 485 g/mol. The lowest BCUT2D eigenvalue weighted by atomic mass is 10.2. The number of carbonyl (C=O) groups excluding carboxylic acids is 2. The molecule has 1 N–H and O–H groups in total. The molecule has 0 aliphatic heterocycles. The Hall–Kier alpha value is -4.59. The van der Waals surface area contributed by atoms with E-state index < -0.39 is 0 Å². The van der Waals surface area contributed by atoms with Crippen molar-refractivity contribution in [2.24, 2.45) is 0 Å². The lowest BCUT2D eigenvalue weighted by Gasteiger charge is -2.20. The number of benzene rings is 3. The lowest BCUT2D eigenvalue weighted by Crippen LogP contribution is -2.38. The number of rotatable bonds is 9. The van der Waals surface area contributed by atoms with Crippen molar-refractivity contribution in [3.63, 3.8) is 0 Å². The van der Waals surface area contributed by atoms with Gasteiger partial charge < -0.3 is 14.4 Å². The topological polar surface area (TPSA) is 85.7 Å². The Morgan fingerprint density at radius 3 is 2.22 bits per heavy atom. The minimum atomic E-state index is -0.354. The van der Waals surface area contributed by atoms with Crippen LogP contribution in [0.4, 0.5) is 5.95 Å². The van der Waals surface area contributed by atoms with Crippen LogP contribution in [0.3, 0.4) is 0 Å². The fourth-order valence-corrected chi connectivity index (χ4v) is 3.82. The number of ether oxygens (including phenoxy) is 2. The molecule has 36 heavy (non-hydrogen) atoms. The van der Waals surface area contributed by atoms with Crippen molar-refractivity contribution in [1.29, 1.82) is 0 Å². The van der Waals surface area contributed by atoms with Gasteiger partial charge in [-0.05, 0) is 31.2 Å². The van der Waals surface area contributed by atoms with Crippen molar-refractivity contribution in [2.75, 3.05) is 32.6 Å². The first-order valence-electron chi connectivity index (χ1n) is 11.6. The maximum absolute atomic E-state index is 13.1. The summed E-state index contributed by atoms with van der Waals surface area (Å²) < 4.78 is 12.6. The quantitative estimate of drug-likeness (QED) is 0.374. The highest BCUT2D eigenvalue weighted by atomic mass is 16.5. The molecule has 0 saturated carbocycles. The Kier molecular flexibility index (Phi) is 7.65. The summed E-state index contributed by atoms with van der Waals surface area (Å²) in [6.45, 7) is 2.12. The molecule has 0 aliphatic rings. The van der Waals surface area contributed by atoms with Gasteiger partial charge in [0.05, 0.1) is 25.6 Å². The standard InChI is InChI=1S/C28H28N4O4/c1-4-31(27(34)21-13-9-6-10-14-21)19-26(33)30-28-29-23(20-11-7-5-8-12-20)18-32(28)22-15-16-24(35-2)25(17-22)36-3/h5-18H,4,19H2,1-3H3,(H,29,30,33). The minimum Gasteiger partial charge on any atom is -0.493 e. The normalized spacial score (nSPS) is 10.5. The third-order valence-corrected chi connectivity index (χ3v) is 5.70. The highest BCUT2D eigenvalue weighted by Gasteiger charge is 2.20. The molecule has 4 aromatic rings. The van der Waals surface area contributed by atoms with Crippen LogP contribution in [0.5, 0.6) is 11.5 Å². The van der Waals surface area contributed by atoms with E-state index in [1.807, 2.05) is 61.7 Å². The molecule has 0 radical (unpaired) electrons. The summed E-state index contributed by atoms with van der Waals surface area (Å²) in [5.74, 6) is 0.907. The van der Waals surface area contributed by atoms with Crippen LogP contribution in [0.2, 0.25) is 0 Å². The number of methoxy groups -OCH3 is 2. The fraction of sp³-hybridized carbons (Fsp3) is 0.179. The van der Waals surface area contributed by atoms with Crippen molar-refractivity contribution in [1.82, 2.24) is 14.5 Å². The molecular formula is C28H28N4O4. The van der Waals surface area contributed by atoms with Gasteiger partial charge in [0.1, 0.15) is 6.54 Å². The zero-order valence-electron chi connectivity index (χ0n) is 20.5. The van der Waals surface area contributed by atoms with E-state index in [0.29, 0.717) is 35.2 Å². The van der Waals surface area contributed by atoms with Gasteiger partial charge in [-0.25, -0.2) is 4.98 Å². The number of nitrogens with one attached hydrogen (secondary N) is 1. The van der Waals surface area contributed by atoms with Crippen LogP contribution in [0.15, 0.2) is 85.1 Å². The van der Waals surface area contributed by atoms with Gasteiger partial charge in [-0.15, -0.1) is 0 Å². The van der Waals surface area contributed by atoms with Crippen molar-refractivity contribution in [2.45, 2.75) is 6.92 Å². The molecule has 0 spiro atoms. The number of aromatic nitrogens is 2. The molecule has 4 rings (SSSR count). The third-order valence-electron chi connectivity index (χ3n) is 5.70. The van der Waals surface area contributed by atoms with E-state index >= 15 is 0 Å². The number of anilines is 1. The molecule has 1 aromatic heterocycles. The summed E-state index contributed by atoms with van der Waals surface area (Å²) in [6.07, 6.45) is 1.85. The van der Waals surface area contributed by atoms with Crippen molar-refractivity contribution in [3.8, 4) is 28.4 Å². The van der Waals surface area contributed by atoms with Gasteiger partial charge >= 0.3 is 0 Å². The van der Waals surface area contributed by atoms with Crippen LogP contribution < -0.4 is 14.8 Å². The fourth-order valence-electron chi connectivity index (χ4n) is 3.82. The highest BCUT2D eigenvalue weighted by molar-refractivity contribution is 5.99. The smallest absolute Gasteiger partial charge is 0.254 e. The van der Waals surface area contributed by atoms with E-state index in [-0.39, 0.29) is 18.4 Å². The molecular weight excluding hydrogens is 456 g/mol.